The molecule has 32 atom stereocenters. The number of esters is 1. The van der Waals surface area contributed by atoms with Crippen molar-refractivity contribution < 1.29 is 124 Å². The lowest BCUT2D eigenvalue weighted by molar-refractivity contribution is -0.379. The van der Waals surface area contributed by atoms with Gasteiger partial charge in [0, 0.05) is 5.41 Å². The molecular weight excluding hydrogens is 1100 g/mol. The van der Waals surface area contributed by atoms with Gasteiger partial charge in [-0.15, -0.1) is 0 Å². The molecule has 0 amide bonds. The highest BCUT2D eigenvalue weighted by molar-refractivity contribution is 5.79. The van der Waals surface area contributed by atoms with Crippen molar-refractivity contribution in [1.29, 1.82) is 0 Å². The maximum Gasteiger partial charge on any atom is 0.315 e. The van der Waals surface area contributed by atoms with Crippen molar-refractivity contribution >= 4 is 5.97 Å². The quantitative estimate of drug-likeness (QED) is 0.0576. The van der Waals surface area contributed by atoms with Gasteiger partial charge >= 0.3 is 5.97 Å². The van der Waals surface area contributed by atoms with E-state index in [9.17, 15) is 71.5 Å². The lowest BCUT2D eigenvalue weighted by Crippen LogP contribution is -2.67. The summed E-state index contributed by atoms with van der Waals surface area (Å²) in [6.07, 6.45) is -27.7. The summed E-state index contributed by atoms with van der Waals surface area (Å²) >= 11 is 0. The molecule has 5 heterocycles. The van der Waals surface area contributed by atoms with E-state index in [2.05, 4.69) is 40.7 Å². The van der Waals surface area contributed by atoms with Gasteiger partial charge in [-0.05, 0) is 117 Å². The van der Waals surface area contributed by atoms with Crippen molar-refractivity contribution in [3.63, 3.8) is 0 Å². The van der Waals surface area contributed by atoms with Gasteiger partial charge in [0.2, 0.25) is 6.29 Å². The monoisotopic (exact) mass is 1190 g/mol. The van der Waals surface area contributed by atoms with Crippen molar-refractivity contribution in [1.82, 2.24) is 0 Å². The molecule has 5 aliphatic heterocycles. The Kier molecular flexibility index (Phi) is 18.3. The number of rotatable bonds is 12. The molecule has 476 valence electrons. The van der Waals surface area contributed by atoms with Crippen molar-refractivity contribution in [3.05, 3.63) is 11.6 Å². The Bertz CT molecular complexity index is 2310. The Morgan fingerprint density at radius 2 is 1.14 bits per heavy atom. The van der Waals surface area contributed by atoms with Gasteiger partial charge in [-0.1, -0.05) is 53.2 Å². The van der Waals surface area contributed by atoms with Gasteiger partial charge in [0.05, 0.1) is 50.2 Å². The van der Waals surface area contributed by atoms with Crippen molar-refractivity contribution in [2.75, 3.05) is 26.4 Å². The van der Waals surface area contributed by atoms with E-state index in [4.69, 9.17) is 47.4 Å². The molecule has 0 bridgehead atoms. The lowest BCUT2D eigenvalue weighted by Gasteiger charge is -2.71. The molecule has 0 aromatic carbocycles. The molecular formula is C58H94O25. The molecule has 83 heavy (non-hydrogen) atoms. The molecule has 25 heteroatoms. The molecule has 10 aliphatic rings. The molecule has 0 radical (unpaired) electrons. The molecule has 14 N–H and O–H groups in total. The topological polar surface area (TPSA) is 393 Å². The van der Waals surface area contributed by atoms with E-state index >= 15 is 4.79 Å². The van der Waals surface area contributed by atoms with Gasteiger partial charge in [0.15, 0.2) is 31.3 Å². The molecule has 0 aromatic heterocycles. The number of ether oxygens (including phenoxy) is 10. The average molecular weight is 1190 g/mol. The Hall–Kier alpha value is -1.71. The third-order valence-electron chi connectivity index (χ3n) is 22.8. The Balaban J connectivity index is 0.878. The van der Waals surface area contributed by atoms with Crippen LogP contribution in [0.3, 0.4) is 0 Å². The highest BCUT2D eigenvalue weighted by Crippen LogP contribution is 2.76. The van der Waals surface area contributed by atoms with Crippen molar-refractivity contribution in [2.24, 2.45) is 50.2 Å². The van der Waals surface area contributed by atoms with E-state index in [1.54, 1.807) is 0 Å². The Morgan fingerprint density at radius 1 is 0.554 bits per heavy atom. The predicted molar refractivity (Wildman–Crippen MR) is 282 cm³/mol. The Morgan fingerprint density at radius 3 is 1.81 bits per heavy atom. The maximum atomic E-state index is 15.3. The first-order chi connectivity index (χ1) is 38.9. The van der Waals surface area contributed by atoms with Gasteiger partial charge < -0.3 is 119 Å². The number of aliphatic hydroxyl groups excluding tert-OH is 14. The largest absolute Gasteiger partial charge is 0.432 e. The summed E-state index contributed by atoms with van der Waals surface area (Å²) in [4.78, 5) is 15.3. The lowest BCUT2D eigenvalue weighted by atomic mass is 9.33. The Labute approximate surface area is 483 Å². The first-order valence-electron chi connectivity index (χ1n) is 30.0. The highest BCUT2D eigenvalue weighted by Gasteiger charge is 2.71. The zero-order valence-corrected chi connectivity index (χ0v) is 48.8. The summed E-state index contributed by atoms with van der Waals surface area (Å²) in [5.74, 6) is -0.866. The van der Waals surface area contributed by atoms with Crippen molar-refractivity contribution in [3.8, 4) is 0 Å². The average Bonchev–Trinajstić information content (AvgIpc) is 0.799. The second-order valence-corrected chi connectivity index (χ2v) is 28.0. The van der Waals surface area contributed by atoms with Crippen LogP contribution in [0.2, 0.25) is 0 Å². The normalized spacial score (nSPS) is 55.4. The van der Waals surface area contributed by atoms with Gasteiger partial charge in [-0.3, -0.25) is 4.79 Å². The summed E-state index contributed by atoms with van der Waals surface area (Å²) in [7, 11) is 0. The van der Waals surface area contributed by atoms with Crippen LogP contribution in [0, 0.1) is 50.2 Å². The third kappa shape index (κ3) is 10.7. The standard InChI is InChI=1S/C58H94O25/c1-24-34(63)39(68)42(71)48(76-24)82-46-40(69)38(67)30(20-59)78-51(46)83-52(73)58-17-15-53(3,4)19-27(58)26-9-10-32-54(5)13-12-33(55(6,23-60)31(54)11-14-57(32,8)56(26,7)16-18-58)79-50-45(37(66)29(62)22-75-50)81-49-43(72)44(35(64)25(2)77-49)80-47-41(70)36(65)28(61)21-74-47/h9,24-25,27-51,59-72H,10-23H2,1-8H3/t24-,25-,27-,28+,29-,30+,31+,32+,33-,34-,35-,36-,37-,38+,39+,40-,41+,42+,43+,44+,45+,46+,47-,48-,49-,50-,51-,54-,55-,56+,57+,58-/m0/s1. The third-order valence-corrected chi connectivity index (χ3v) is 22.8. The molecule has 10 rings (SSSR count). The number of allylic oxidation sites excluding steroid dienone is 2. The van der Waals surface area contributed by atoms with E-state index in [0.29, 0.717) is 57.8 Å². The molecule has 4 saturated carbocycles. The zero-order valence-electron chi connectivity index (χ0n) is 48.8. The second kappa shape index (κ2) is 23.6. The van der Waals surface area contributed by atoms with Crippen LogP contribution in [-0.4, -0.2) is 251 Å². The maximum absolute atomic E-state index is 15.3. The zero-order chi connectivity index (χ0) is 60.4. The van der Waals surface area contributed by atoms with Gasteiger partial charge in [0.1, 0.15) is 91.6 Å². The number of fused-ring (bicyclic) bond motifs is 7. The minimum Gasteiger partial charge on any atom is -0.432 e. The summed E-state index contributed by atoms with van der Waals surface area (Å²) in [5, 5.41) is 152. The number of hydrogen-bond acceptors (Lipinski definition) is 25. The van der Waals surface area contributed by atoms with E-state index in [1.807, 2.05) is 6.92 Å². The van der Waals surface area contributed by atoms with E-state index < -0.39 is 183 Å². The van der Waals surface area contributed by atoms with E-state index in [0.717, 1.165) is 6.42 Å². The minimum atomic E-state index is -1.80. The summed E-state index contributed by atoms with van der Waals surface area (Å²) < 4.78 is 60.2. The van der Waals surface area contributed by atoms with Crippen LogP contribution in [0.4, 0.5) is 0 Å². The van der Waals surface area contributed by atoms with Crippen molar-refractivity contribution in [2.45, 2.75) is 267 Å². The summed E-state index contributed by atoms with van der Waals surface area (Å²) in [5.41, 5.74) is -1.99. The fourth-order valence-corrected chi connectivity index (χ4v) is 17.3. The van der Waals surface area contributed by atoms with E-state index in [-0.39, 0.29) is 47.2 Å². The molecule has 0 aromatic rings. The van der Waals surface area contributed by atoms with E-state index in [1.165, 1.54) is 19.4 Å². The van der Waals surface area contributed by atoms with Crippen LogP contribution in [0.5, 0.6) is 0 Å². The van der Waals surface area contributed by atoms with Crippen LogP contribution in [0.15, 0.2) is 11.6 Å². The van der Waals surface area contributed by atoms with Crippen LogP contribution in [0.25, 0.3) is 0 Å². The number of aliphatic hydroxyl groups is 14. The molecule has 9 fully saturated rings. The smallest absolute Gasteiger partial charge is 0.315 e. The molecule has 25 nitrogen and oxygen atoms in total. The molecule has 5 saturated heterocycles. The van der Waals surface area contributed by atoms with Crippen LogP contribution < -0.4 is 0 Å². The molecule has 0 unspecified atom stereocenters. The second-order valence-electron chi connectivity index (χ2n) is 28.0. The number of hydrogen-bond donors (Lipinski definition) is 14. The summed E-state index contributed by atoms with van der Waals surface area (Å²) in [6, 6.07) is 0. The predicted octanol–water partition coefficient (Wildman–Crippen LogP) is -1.91. The van der Waals surface area contributed by atoms with Gasteiger partial charge in [-0.25, -0.2) is 0 Å². The number of carbonyl (C=O) groups excluding carboxylic acids is 1. The van der Waals surface area contributed by atoms with Gasteiger partial charge in [-0.2, -0.15) is 0 Å². The highest BCUT2D eigenvalue weighted by atomic mass is 16.8. The fourth-order valence-electron chi connectivity index (χ4n) is 17.3. The van der Waals surface area contributed by atoms with Crippen LogP contribution in [0.1, 0.15) is 120 Å². The SMILES string of the molecule is C[C@@H]1O[C@@H](O[C@H]2[C@H](OC(=O)[C@]34CCC(C)(C)C[C@H]3C3=CC[C@@H]5[C@@]6(C)CC[C@H](O[C@@H]7OC[C@H](O)[C@H](O)[C@H]7O[C@@H]7O[C@@H](C)[C@H](O)[C@@H](O[C@@H]8OC[C@@H](O)[C@H](O)[C@H]8O)[C@H]7O)[C@@](C)(CO)[C@@H]6CC[C@@]5(C)[C@]3(C)CC4)O[C@H](CO)[C@@H](O)[C@@H]2O)[C@H](O)[C@H](O)[C@H]1O. The molecule has 5 aliphatic carbocycles. The number of carbonyl (C=O) groups is 1. The van der Waals surface area contributed by atoms with Crippen LogP contribution in [-0.2, 0) is 52.2 Å². The summed E-state index contributed by atoms with van der Waals surface area (Å²) in [6.45, 7) is 14.6. The minimum absolute atomic E-state index is 0.0974. The fraction of sp³-hybridized carbons (Fsp3) is 0.948. The van der Waals surface area contributed by atoms with Crippen LogP contribution >= 0.6 is 0 Å². The molecule has 0 spiro atoms. The van der Waals surface area contributed by atoms with Gasteiger partial charge in [0.25, 0.3) is 0 Å². The first kappa shape index (κ1) is 64.3. The first-order valence-corrected chi connectivity index (χ1v) is 30.0.